The quantitative estimate of drug-likeness (QED) is 0.148. The Morgan fingerprint density at radius 1 is 0.767 bits per heavy atom. The Morgan fingerprint density at radius 3 is 1.70 bits per heavy atom. The fourth-order valence-electron chi connectivity index (χ4n) is 4.64. The summed E-state index contributed by atoms with van der Waals surface area (Å²) in [5, 5.41) is -5.55. The highest BCUT2D eigenvalue weighted by atomic mass is 32.2. The van der Waals surface area contributed by atoms with E-state index in [0.29, 0.717) is 10.6 Å². The van der Waals surface area contributed by atoms with Crippen molar-refractivity contribution in [2.24, 2.45) is 11.8 Å². The van der Waals surface area contributed by atoms with E-state index in [4.69, 9.17) is 0 Å². The van der Waals surface area contributed by atoms with Gasteiger partial charge in [-0.25, -0.2) is 0 Å². The summed E-state index contributed by atoms with van der Waals surface area (Å²) in [6.07, 6.45) is -7.26. The van der Waals surface area contributed by atoms with Crippen LogP contribution in [0.15, 0.2) is 72.8 Å². The molecule has 0 aromatic heterocycles. The smallest absolute Gasteiger partial charge is 0.377 e. The maximum atomic E-state index is 14.6. The zero-order chi connectivity index (χ0) is 32.2. The molecule has 0 saturated carbocycles. The van der Waals surface area contributed by atoms with Gasteiger partial charge in [-0.3, -0.25) is 4.79 Å². The monoisotopic (exact) mass is 656 g/mol. The van der Waals surface area contributed by atoms with Crippen LogP contribution in [0.1, 0.15) is 29.8 Å². The zero-order valence-corrected chi connectivity index (χ0v) is 23.9. The summed E-state index contributed by atoms with van der Waals surface area (Å²) in [5.74, 6) is -18.1. The van der Waals surface area contributed by atoms with Crippen LogP contribution in [0.3, 0.4) is 0 Å². The third kappa shape index (κ3) is 5.52. The highest BCUT2D eigenvalue weighted by Crippen LogP contribution is 2.55. The Hall–Kier alpha value is -3.12. The van der Waals surface area contributed by atoms with Crippen molar-refractivity contribution in [1.82, 2.24) is 0 Å². The van der Waals surface area contributed by atoms with Gasteiger partial charge in [-0.05, 0) is 53.9 Å². The highest BCUT2D eigenvalue weighted by Gasteiger charge is 2.86. The number of hydrogen-bond donors (Lipinski definition) is 0. The van der Waals surface area contributed by atoms with Crippen LogP contribution in [0.4, 0.5) is 39.5 Å². The minimum Gasteiger partial charge on any atom is -0.377 e. The van der Waals surface area contributed by atoms with E-state index in [1.807, 2.05) is 0 Å². The molecule has 0 aliphatic heterocycles. The second-order valence-corrected chi connectivity index (χ2v) is 13.9. The lowest BCUT2D eigenvalue weighted by molar-refractivity contribution is -0.382. The second kappa shape index (κ2) is 11.1. The van der Waals surface area contributed by atoms with E-state index >= 15 is 0 Å². The molecule has 3 aromatic rings. The number of carbonyl (C=O) groups excluding carboxylic acids is 1. The highest BCUT2D eigenvalue weighted by molar-refractivity contribution is 7.88. The Labute approximate surface area is 241 Å². The van der Waals surface area contributed by atoms with Crippen LogP contribution < -0.4 is 20.1 Å². The van der Waals surface area contributed by atoms with Crippen LogP contribution in [0.5, 0.6) is 5.75 Å². The number of alkyl halides is 9. The molecular formula is C28H22F9O4PS. The molecule has 3 aromatic carbocycles. The molecule has 0 bridgehead atoms. The van der Waals surface area contributed by atoms with Gasteiger partial charge in [0.1, 0.15) is 0 Å². The van der Waals surface area contributed by atoms with Crippen molar-refractivity contribution in [3.8, 4) is 5.75 Å². The summed E-state index contributed by atoms with van der Waals surface area (Å²) >= 11 is 0. The predicted molar refractivity (Wildman–Crippen MR) is 142 cm³/mol. The van der Waals surface area contributed by atoms with E-state index in [0.717, 1.165) is 6.07 Å². The molecule has 43 heavy (non-hydrogen) atoms. The first-order valence-corrected chi connectivity index (χ1v) is 15.2. The molecule has 1 aliphatic carbocycles. The molecule has 0 heterocycles. The number of Topliss-reactive ketones (excluding diaryl/α,β-unsaturated/α-hetero) is 1. The average molecular weight is 657 g/mol. The number of ketones is 1. The van der Waals surface area contributed by atoms with Gasteiger partial charge in [0.25, 0.3) is 0 Å². The molecular weight excluding hydrogens is 634 g/mol. The minimum atomic E-state index is -7.48. The van der Waals surface area contributed by atoms with Gasteiger partial charge in [-0.1, -0.05) is 74.5 Å². The standard InChI is InChI=1S/C28H22F9O4PS/c1-16(2)21-14-17-13-20(42(18-9-5-3-6-10-18)19-11-7-4-8-12-19)15-22(23(17)24(21)38)41-43(39,40)28(36,37)26(31,32)25(29,30)27(33,34)35/h3-13,15-16,21H,14H2,1-2H3. The maximum absolute atomic E-state index is 14.6. The first kappa shape index (κ1) is 32.8. The zero-order valence-electron chi connectivity index (χ0n) is 22.2. The third-order valence-electron chi connectivity index (χ3n) is 6.91. The molecule has 0 fully saturated rings. The Bertz CT molecular complexity index is 1570. The van der Waals surface area contributed by atoms with E-state index in [-0.39, 0.29) is 23.2 Å². The van der Waals surface area contributed by atoms with Crippen molar-refractivity contribution < 1.29 is 56.9 Å². The molecule has 4 rings (SSSR count). The number of hydrogen-bond acceptors (Lipinski definition) is 4. The summed E-state index contributed by atoms with van der Waals surface area (Å²) in [5.41, 5.74) is -0.453. The van der Waals surface area contributed by atoms with Gasteiger partial charge in [0, 0.05) is 5.92 Å². The topological polar surface area (TPSA) is 60.4 Å². The molecule has 1 atom stereocenters. The Morgan fingerprint density at radius 2 is 1.26 bits per heavy atom. The normalized spacial score (nSPS) is 16.6. The van der Waals surface area contributed by atoms with Gasteiger partial charge >= 0.3 is 33.4 Å². The van der Waals surface area contributed by atoms with E-state index in [1.165, 1.54) is 6.07 Å². The minimum absolute atomic E-state index is 0.0263. The molecule has 0 amide bonds. The first-order valence-electron chi connectivity index (χ1n) is 12.5. The van der Waals surface area contributed by atoms with E-state index in [1.54, 1.807) is 74.5 Å². The molecule has 1 unspecified atom stereocenters. The fourth-order valence-corrected chi connectivity index (χ4v) is 7.92. The number of carbonyl (C=O) groups is 1. The van der Waals surface area contributed by atoms with E-state index in [9.17, 15) is 52.7 Å². The van der Waals surface area contributed by atoms with Gasteiger partial charge in [0.05, 0.1) is 5.56 Å². The van der Waals surface area contributed by atoms with Crippen molar-refractivity contribution in [2.45, 2.75) is 43.5 Å². The lowest BCUT2D eigenvalue weighted by Crippen LogP contribution is -2.63. The molecule has 0 saturated heterocycles. The summed E-state index contributed by atoms with van der Waals surface area (Å²) in [7, 11) is -8.91. The van der Waals surface area contributed by atoms with Crippen LogP contribution in [0.25, 0.3) is 0 Å². The number of fused-ring (bicyclic) bond motifs is 1. The SMILES string of the molecule is CC(C)C1Cc2cc(P(c3ccccc3)c3ccccc3)cc(OS(=O)(=O)C(F)(F)C(F)(F)C(F)(F)C(F)(F)F)c2C1=O. The molecule has 0 radical (unpaired) electrons. The predicted octanol–water partition coefficient (Wildman–Crippen LogP) is 6.59. The fraction of sp³-hybridized carbons (Fsp3) is 0.321. The van der Waals surface area contributed by atoms with Gasteiger partial charge < -0.3 is 4.18 Å². The van der Waals surface area contributed by atoms with Crippen molar-refractivity contribution in [3.05, 3.63) is 83.9 Å². The second-order valence-electron chi connectivity index (χ2n) is 10.1. The van der Waals surface area contributed by atoms with Gasteiger partial charge in [-0.15, -0.1) is 0 Å². The van der Waals surface area contributed by atoms with Crippen molar-refractivity contribution >= 4 is 39.7 Å². The summed E-state index contributed by atoms with van der Waals surface area (Å²) in [6, 6.07) is 19.3. The van der Waals surface area contributed by atoms with Crippen molar-refractivity contribution in [2.75, 3.05) is 0 Å². The number of rotatable bonds is 9. The van der Waals surface area contributed by atoms with Gasteiger partial charge in [-0.2, -0.15) is 47.9 Å². The van der Waals surface area contributed by atoms with Gasteiger partial charge in [0.15, 0.2) is 11.5 Å². The van der Waals surface area contributed by atoms with Crippen LogP contribution in [-0.4, -0.2) is 37.5 Å². The third-order valence-corrected chi connectivity index (χ3v) is 10.6. The number of benzene rings is 3. The summed E-state index contributed by atoms with van der Waals surface area (Å²) < 4.78 is 152. The maximum Gasteiger partial charge on any atom is 0.460 e. The summed E-state index contributed by atoms with van der Waals surface area (Å²) in [4.78, 5) is 13.2. The van der Waals surface area contributed by atoms with E-state index in [2.05, 4.69) is 4.18 Å². The first-order chi connectivity index (χ1) is 19.7. The van der Waals surface area contributed by atoms with Crippen LogP contribution in [0.2, 0.25) is 0 Å². The van der Waals surface area contributed by atoms with Gasteiger partial charge in [0.2, 0.25) is 0 Å². The largest absolute Gasteiger partial charge is 0.460 e. The van der Waals surface area contributed by atoms with Crippen LogP contribution in [0, 0.1) is 11.8 Å². The average Bonchev–Trinajstić information content (AvgIpc) is 3.25. The molecule has 232 valence electrons. The lowest BCUT2D eigenvalue weighted by Gasteiger charge is -2.32. The van der Waals surface area contributed by atoms with Crippen LogP contribution in [-0.2, 0) is 16.5 Å². The number of halogens is 9. The Kier molecular flexibility index (Phi) is 8.47. The summed E-state index contributed by atoms with van der Waals surface area (Å²) in [6.45, 7) is 3.28. The lowest BCUT2D eigenvalue weighted by atomic mass is 9.92. The molecule has 4 nitrogen and oxygen atoms in total. The molecule has 0 spiro atoms. The molecule has 0 N–H and O–H groups in total. The van der Waals surface area contributed by atoms with Crippen molar-refractivity contribution in [3.63, 3.8) is 0 Å². The van der Waals surface area contributed by atoms with E-state index < -0.39 is 64.3 Å². The molecule has 1 aliphatic rings. The van der Waals surface area contributed by atoms with Crippen LogP contribution >= 0.6 is 7.92 Å². The Balaban J connectivity index is 1.92. The van der Waals surface area contributed by atoms with Crippen molar-refractivity contribution in [1.29, 1.82) is 0 Å². The molecule has 15 heteroatoms.